The first-order valence-electron chi connectivity index (χ1n) is 7.43. The predicted molar refractivity (Wildman–Crippen MR) is 92.6 cm³/mol. The fourth-order valence-corrected chi connectivity index (χ4v) is 2.26. The lowest BCUT2D eigenvalue weighted by Crippen LogP contribution is -2.30. The van der Waals surface area contributed by atoms with E-state index in [1.54, 1.807) is 12.1 Å². The third kappa shape index (κ3) is 4.70. The number of nitrogens with one attached hydrogen (secondary N) is 1. The highest BCUT2D eigenvalue weighted by molar-refractivity contribution is 6.30. The zero-order valence-electron chi connectivity index (χ0n) is 13.9. The Hall–Kier alpha value is -2.60. The highest BCUT2D eigenvalue weighted by Crippen LogP contribution is 2.25. The van der Waals surface area contributed by atoms with Crippen molar-refractivity contribution in [2.45, 2.75) is 20.0 Å². The summed E-state index contributed by atoms with van der Waals surface area (Å²) in [6.45, 7) is 3.25. The number of carbonyl (C=O) groups excluding carboxylic acids is 2. The molecule has 7 heteroatoms. The van der Waals surface area contributed by atoms with Gasteiger partial charge in [0.2, 0.25) is 0 Å². The van der Waals surface area contributed by atoms with Gasteiger partial charge in [-0.25, -0.2) is 9.18 Å². The van der Waals surface area contributed by atoms with Gasteiger partial charge in [-0.2, -0.15) is 0 Å². The summed E-state index contributed by atoms with van der Waals surface area (Å²) >= 11 is 5.75. The molecule has 1 atom stereocenters. The van der Waals surface area contributed by atoms with Crippen LogP contribution >= 0.6 is 11.6 Å². The number of halogens is 2. The molecule has 0 heterocycles. The van der Waals surface area contributed by atoms with Crippen molar-refractivity contribution in [1.29, 1.82) is 0 Å². The quantitative estimate of drug-likeness (QED) is 0.814. The Morgan fingerprint density at radius 1 is 1.20 bits per heavy atom. The number of anilines is 1. The molecule has 2 rings (SSSR count). The first-order chi connectivity index (χ1) is 11.8. The molecule has 0 aromatic heterocycles. The summed E-state index contributed by atoms with van der Waals surface area (Å²) in [5.74, 6) is -1.85. The fraction of sp³-hybridized carbons (Fsp3) is 0.222. The number of rotatable bonds is 5. The summed E-state index contributed by atoms with van der Waals surface area (Å²) in [4.78, 5) is 24.3. The minimum atomic E-state index is -1.14. The summed E-state index contributed by atoms with van der Waals surface area (Å²) in [5, 5.41) is 2.81. The minimum absolute atomic E-state index is 0.190. The number of esters is 1. The Morgan fingerprint density at radius 2 is 1.92 bits per heavy atom. The number of hydrogen-bond acceptors (Lipinski definition) is 4. The SMILES string of the molecule is COc1ccc(C)cc1NC(=O)[C@@H](C)OC(=O)c1cc(Cl)ccc1F. The van der Waals surface area contributed by atoms with Crippen LogP contribution in [-0.4, -0.2) is 25.1 Å². The number of carbonyl (C=O) groups is 2. The van der Waals surface area contributed by atoms with Crippen LogP contribution in [0.5, 0.6) is 5.75 Å². The van der Waals surface area contributed by atoms with Gasteiger partial charge < -0.3 is 14.8 Å². The van der Waals surface area contributed by atoms with Crippen LogP contribution in [0.2, 0.25) is 5.02 Å². The number of methoxy groups -OCH3 is 1. The van der Waals surface area contributed by atoms with E-state index < -0.39 is 23.8 Å². The standard InChI is InChI=1S/C18H17ClFNO4/c1-10-4-7-16(24-3)15(8-10)21-17(22)11(2)25-18(23)13-9-12(19)5-6-14(13)20/h4-9,11H,1-3H3,(H,21,22)/t11-/m1/s1. The molecule has 0 aliphatic rings. The first kappa shape index (κ1) is 18.7. The van der Waals surface area contributed by atoms with Crippen LogP contribution in [0.3, 0.4) is 0 Å². The van der Waals surface area contributed by atoms with Crippen LogP contribution < -0.4 is 10.1 Å². The molecule has 0 saturated carbocycles. The predicted octanol–water partition coefficient (Wildman–Crippen LogP) is 3.98. The van der Waals surface area contributed by atoms with E-state index in [0.29, 0.717) is 11.4 Å². The van der Waals surface area contributed by atoms with Crippen molar-refractivity contribution >= 4 is 29.2 Å². The van der Waals surface area contributed by atoms with Crippen LogP contribution in [0.25, 0.3) is 0 Å². The van der Waals surface area contributed by atoms with E-state index in [9.17, 15) is 14.0 Å². The summed E-state index contributed by atoms with van der Waals surface area (Å²) in [7, 11) is 1.48. The van der Waals surface area contributed by atoms with Crippen molar-refractivity contribution in [2.24, 2.45) is 0 Å². The molecule has 0 aliphatic carbocycles. The lowest BCUT2D eigenvalue weighted by atomic mass is 10.2. The molecular weight excluding hydrogens is 349 g/mol. The summed E-state index contributed by atoms with van der Waals surface area (Å²) in [6, 6.07) is 8.78. The normalized spacial score (nSPS) is 11.6. The van der Waals surface area contributed by atoms with Gasteiger partial charge in [-0.3, -0.25) is 4.79 Å². The molecule has 0 spiro atoms. The zero-order valence-corrected chi connectivity index (χ0v) is 14.7. The summed E-state index contributed by atoms with van der Waals surface area (Å²) < 4.78 is 23.9. The van der Waals surface area contributed by atoms with Gasteiger partial charge in [0, 0.05) is 5.02 Å². The third-order valence-electron chi connectivity index (χ3n) is 3.41. The Balaban J connectivity index is 2.09. The topological polar surface area (TPSA) is 64.6 Å². The van der Waals surface area contributed by atoms with E-state index >= 15 is 0 Å². The molecule has 1 amide bonds. The number of hydrogen-bond donors (Lipinski definition) is 1. The zero-order chi connectivity index (χ0) is 18.6. The third-order valence-corrected chi connectivity index (χ3v) is 3.65. The van der Waals surface area contributed by atoms with Gasteiger partial charge in [0.1, 0.15) is 11.6 Å². The molecular formula is C18H17ClFNO4. The number of benzene rings is 2. The highest BCUT2D eigenvalue weighted by atomic mass is 35.5. The maximum Gasteiger partial charge on any atom is 0.341 e. The molecule has 0 radical (unpaired) electrons. The van der Waals surface area contributed by atoms with Crippen LogP contribution in [0, 0.1) is 12.7 Å². The van der Waals surface area contributed by atoms with Crippen LogP contribution in [0.15, 0.2) is 36.4 Å². The van der Waals surface area contributed by atoms with E-state index in [1.807, 2.05) is 13.0 Å². The minimum Gasteiger partial charge on any atom is -0.495 e. The Labute approximate surface area is 149 Å². The van der Waals surface area contributed by atoms with Crippen molar-refractivity contribution in [2.75, 3.05) is 12.4 Å². The monoisotopic (exact) mass is 365 g/mol. The fourth-order valence-electron chi connectivity index (χ4n) is 2.09. The van der Waals surface area contributed by atoms with Gasteiger partial charge in [0.25, 0.3) is 5.91 Å². The van der Waals surface area contributed by atoms with Gasteiger partial charge in [0.15, 0.2) is 6.10 Å². The van der Waals surface area contributed by atoms with Crippen LogP contribution in [-0.2, 0) is 9.53 Å². The second-order valence-electron chi connectivity index (χ2n) is 5.36. The molecule has 1 N–H and O–H groups in total. The first-order valence-corrected chi connectivity index (χ1v) is 7.81. The number of ether oxygens (including phenoxy) is 2. The molecule has 0 saturated heterocycles. The van der Waals surface area contributed by atoms with Crippen molar-refractivity contribution in [3.05, 3.63) is 58.4 Å². The Kier molecular flexibility index (Phi) is 5.98. The summed E-state index contributed by atoms with van der Waals surface area (Å²) in [5.41, 5.74) is 1.03. The maximum absolute atomic E-state index is 13.7. The lowest BCUT2D eigenvalue weighted by Gasteiger charge is -2.16. The lowest BCUT2D eigenvalue weighted by molar-refractivity contribution is -0.123. The average molecular weight is 366 g/mol. The molecule has 0 unspecified atom stereocenters. The maximum atomic E-state index is 13.7. The van der Waals surface area contributed by atoms with Gasteiger partial charge in [-0.05, 0) is 49.7 Å². The van der Waals surface area contributed by atoms with Crippen molar-refractivity contribution in [1.82, 2.24) is 0 Å². The van der Waals surface area contributed by atoms with Gasteiger partial charge >= 0.3 is 5.97 Å². The Morgan fingerprint density at radius 3 is 2.60 bits per heavy atom. The molecule has 25 heavy (non-hydrogen) atoms. The van der Waals surface area contributed by atoms with Gasteiger partial charge in [-0.15, -0.1) is 0 Å². The second-order valence-corrected chi connectivity index (χ2v) is 5.80. The molecule has 5 nitrogen and oxygen atoms in total. The van der Waals surface area contributed by atoms with E-state index in [-0.39, 0.29) is 10.6 Å². The molecule has 0 fully saturated rings. The summed E-state index contributed by atoms with van der Waals surface area (Å²) in [6.07, 6.45) is -1.14. The molecule has 2 aromatic rings. The highest BCUT2D eigenvalue weighted by Gasteiger charge is 2.22. The van der Waals surface area contributed by atoms with Crippen molar-refractivity contribution < 1.29 is 23.5 Å². The Bertz CT molecular complexity index is 810. The largest absolute Gasteiger partial charge is 0.495 e. The van der Waals surface area contributed by atoms with E-state index in [2.05, 4.69) is 5.32 Å². The second kappa shape index (κ2) is 7.98. The van der Waals surface area contributed by atoms with Gasteiger partial charge in [-0.1, -0.05) is 17.7 Å². The molecule has 132 valence electrons. The van der Waals surface area contributed by atoms with Crippen molar-refractivity contribution in [3.63, 3.8) is 0 Å². The molecule has 0 aliphatic heterocycles. The van der Waals surface area contributed by atoms with E-state index in [4.69, 9.17) is 21.1 Å². The van der Waals surface area contributed by atoms with Crippen molar-refractivity contribution in [3.8, 4) is 5.75 Å². The molecule has 2 aromatic carbocycles. The smallest absolute Gasteiger partial charge is 0.341 e. The number of amides is 1. The van der Waals surface area contributed by atoms with E-state index in [0.717, 1.165) is 17.7 Å². The van der Waals surface area contributed by atoms with Crippen LogP contribution in [0.1, 0.15) is 22.8 Å². The average Bonchev–Trinajstić information content (AvgIpc) is 2.57. The van der Waals surface area contributed by atoms with Crippen LogP contribution in [0.4, 0.5) is 10.1 Å². The molecule has 0 bridgehead atoms. The van der Waals surface area contributed by atoms with Gasteiger partial charge in [0.05, 0.1) is 18.4 Å². The van der Waals surface area contributed by atoms with E-state index in [1.165, 1.54) is 20.1 Å². The number of aryl methyl sites for hydroxylation is 1.